The van der Waals surface area contributed by atoms with Crippen molar-refractivity contribution in [3.63, 3.8) is 0 Å². The second-order valence-electron chi connectivity index (χ2n) is 5.64. The molecule has 5 nitrogen and oxygen atoms in total. The molecule has 0 heterocycles. The summed E-state index contributed by atoms with van der Waals surface area (Å²) in [5, 5.41) is 24.7. The first kappa shape index (κ1) is 19.0. The number of carbonyl (C=O) groups is 1. The van der Waals surface area contributed by atoms with Gasteiger partial charge in [-0.25, -0.2) is 4.79 Å². The third-order valence-corrected chi connectivity index (χ3v) is 4.04. The molecule has 0 amide bonds. The highest BCUT2D eigenvalue weighted by atomic mass is 16.4. The molecule has 0 aliphatic heterocycles. The molecule has 0 atom stereocenters. The largest absolute Gasteiger partial charge is 0.478 e. The van der Waals surface area contributed by atoms with Crippen LogP contribution in [0.25, 0.3) is 16.7 Å². The maximum Gasteiger partial charge on any atom is 0.337 e. The van der Waals surface area contributed by atoms with Crippen LogP contribution in [0.2, 0.25) is 0 Å². The van der Waals surface area contributed by atoms with Gasteiger partial charge in [0.15, 0.2) is 0 Å². The van der Waals surface area contributed by atoms with E-state index in [0.717, 1.165) is 16.7 Å². The van der Waals surface area contributed by atoms with Crippen molar-refractivity contribution in [3.8, 4) is 11.1 Å². The van der Waals surface area contributed by atoms with Gasteiger partial charge in [0.1, 0.15) is 0 Å². The zero-order valence-electron chi connectivity index (χ0n) is 14.7. The molecule has 0 saturated carbocycles. The third-order valence-electron chi connectivity index (χ3n) is 4.04. The van der Waals surface area contributed by atoms with E-state index in [4.69, 9.17) is 10.8 Å². The number of nitrogens with one attached hydrogen (secondary N) is 2. The van der Waals surface area contributed by atoms with Crippen LogP contribution < -0.4 is 5.73 Å². The SMILES string of the molecule is CN.Cc1ccccc1-c1ccc(C2=CC(=N)C(=N)C(C(=O)O)=C2)cc1. The number of allylic oxidation sites excluding steroid dienone is 3. The van der Waals surface area contributed by atoms with Gasteiger partial charge in [-0.3, -0.25) is 10.8 Å². The summed E-state index contributed by atoms with van der Waals surface area (Å²) in [6.07, 6.45) is 2.98. The highest BCUT2D eigenvalue weighted by molar-refractivity contribution is 6.56. The standard InChI is InChI=1S/C20H16N2O2.CH5N/c1-12-4-2-3-5-16(12)14-8-6-13(7-9-14)15-10-17(20(23)24)19(22)18(21)11-15;1-2/h2-11,21-22H,1H3,(H,23,24);2H2,1H3. The lowest BCUT2D eigenvalue weighted by Gasteiger charge is -2.14. The summed E-state index contributed by atoms with van der Waals surface area (Å²) in [5.74, 6) is -1.19. The highest BCUT2D eigenvalue weighted by Gasteiger charge is 2.22. The molecule has 0 fully saturated rings. The Bertz CT molecular complexity index is 923. The lowest BCUT2D eigenvalue weighted by molar-refractivity contribution is -0.132. The third kappa shape index (κ3) is 3.84. The number of aliphatic carboxylic acids is 1. The van der Waals surface area contributed by atoms with Crippen LogP contribution in [0.15, 0.2) is 66.3 Å². The maximum absolute atomic E-state index is 11.2. The Labute approximate surface area is 152 Å². The molecule has 2 aromatic carbocycles. The molecule has 0 radical (unpaired) electrons. The van der Waals surface area contributed by atoms with Crippen LogP contribution in [0.1, 0.15) is 11.1 Å². The Morgan fingerprint density at radius 2 is 1.50 bits per heavy atom. The lowest BCUT2D eigenvalue weighted by Crippen LogP contribution is -2.21. The quantitative estimate of drug-likeness (QED) is 0.635. The predicted molar refractivity (Wildman–Crippen MR) is 106 cm³/mol. The fraction of sp³-hybridized carbons (Fsp3) is 0.0952. The zero-order valence-corrected chi connectivity index (χ0v) is 14.7. The van der Waals surface area contributed by atoms with Crippen LogP contribution in [-0.4, -0.2) is 29.5 Å². The number of carboxylic acids is 1. The first-order valence-electron chi connectivity index (χ1n) is 8.06. The van der Waals surface area contributed by atoms with Crippen molar-refractivity contribution < 1.29 is 9.90 Å². The maximum atomic E-state index is 11.2. The van der Waals surface area contributed by atoms with Crippen molar-refractivity contribution in [1.29, 1.82) is 10.8 Å². The van der Waals surface area contributed by atoms with E-state index in [1.807, 2.05) is 36.4 Å². The van der Waals surface area contributed by atoms with Gasteiger partial charge in [0.2, 0.25) is 0 Å². The zero-order chi connectivity index (χ0) is 19.3. The molecule has 5 N–H and O–H groups in total. The number of aryl methyl sites for hydroxylation is 1. The summed E-state index contributed by atoms with van der Waals surface area (Å²) in [6.45, 7) is 2.06. The fourth-order valence-corrected chi connectivity index (χ4v) is 2.72. The van der Waals surface area contributed by atoms with Crippen molar-refractivity contribution in [1.82, 2.24) is 0 Å². The van der Waals surface area contributed by atoms with Gasteiger partial charge in [-0.2, -0.15) is 0 Å². The van der Waals surface area contributed by atoms with E-state index in [2.05, 4.69) is 24.8 Å². The number of hydrogen-bond acceptors (Lipinski definition) is 4. The Morgan fingerprint density at radius 1 is 0.923 bits per heavy atom. The predicted octanol–water partition coefficient (Wildman–Crippen LogP) is 3.68. The van der Waals surface area contributed by atoms with E-state index in [1.54, 1.807) is 0 Å². The van der Waals surface area contributed by atoms with Gasteiger partial charge in [-0.05, 0) is 54.0 Å². The molecule has 26 heavy (non-hydrogen) atoms. The van der Waals surface area contributed by atoms with E-state index < -0.39 is 5.97 Å². The van der Waals surface area contributed by atoms with E-state index in [0.29, 0.717) is 5.57 Å². The molecule has 0 aromatic heterocycles. The molecule has 2 aromatic rings. The average Bonchev–Trinajstić information content (AvgIpc) is 2.66. The molecule has 0 unspecified atom stereocenters. The number of nitrogens with two attached hydrogens (primary N) is 1. The van der Waals surface area contributed by atoms with Crippen LogP contribution in [0.3, 0.4) is 0 Å². The summed E-state index contributed by atoms with van der Waals surface area (Å²) in [4.78, 5) is 11.2. The molecule has 0 saturated heterocycles. The van der Waals surface area contributed by atoms with Crippen molar-refractivity contribution in [2.75, 3.05) is 7.05 Å². The molecular weight excluding hydrogens is 326 g/mol. The summed E-state index contributed by atoms with van der Waals surface area (Å²) >= 11 is 0. The number of rotatable bonds is 3. The molecule has 1 aliphatic rings. The molecule has 132 valence electrons. The highest BCUT2D eigenvalue weighted by Crippen LogP contribution is 2.27. The van der Waals surface area contributed by atoms with Crippen LogP contribution in [-0.2, 0) is 4.79 Å². The normalized spacial score (nSPS) is 13.3. The minimum Gasteiger partial charge on any atom is -0.478 e. The first-order valence-corrected chi connectivity index (χ1v) is 8.06. The van der Waals surface area contributed by atoms with Gasteiger partial charge >= 0.3 is 5.97 Å². The smallest absolute Gasteiger partial charge is 0.337 e. The van der Waals surface area contributed by atoms with Crippen LogP contribution in [0.4, 0.5) is 0 Å². The van der Waals surface area contributed by atoms with E-state index in [1.165, 1.54) is 24.8 Å². The molecule has 0 bridgehead atoms. The second-order valence-corrected chi connectivity index (χ2v) is 5.64. The summed E-state index contributed by atoms with van der Waals surface area (Å²) in [7, 11) is 1.50. The van der Waals surface area contributed by atoms with Gasteiger partial charge in [-0.15, -0.1) is 0 Å². The van der Waals surface area contributed by atoms with Crippen molar-refractivity contribution in [3.05, 3.63) is 77.4 Å². The molecule has 1 aliphatic carbocycles. The topological polar surface area (TPSA) is 111 Å². The molecule has 3 rings (SSSR count). The lowest BCUT2D eigenvalue weighted by atomic mass is 9.91. The Morgan fingerprint density at radius 3 is 2.08 bits per heavy atom. The summed E-state index contributed by atoms with van der Waals surface area (Å²) in [6, 6.07) is 15.9. The molecule has 0 spiro atoms. The Balaban J connectivity index is 0.00000117. The van der Waals surface area contributed by atoms with Crippen molar-refractivity contribution >= 4 is 23.0 Å². The first-order chi connectivity index (χ1) is 12.5. The van der Waals surface area contributed by atoms with Gasteiger partial charge in [0, 0.05) is 0 Å². The van der Waals surface area contributed by atoms with Crippen LogP contribution in [0, 0.1) is 17.7 Å². The molecular formula is C21H21N3O2. The minimum atomic E-state index is -1.19. The number of benzene rings is 2. The van der Waals surface area contributed by atoms with Gasteiger partial charge in [0.25, 0.3) is 0 Å². The Hall–Kier alpha value is -3.31. The monoisotopic (exact) mass is 347 g/mol. The van der Waals surface area contributed by atoms with Crippen molar-refractivity contribution in [2.45, 2.75) is 6.92 Å². The number of carboxylic acid groups (broad SMARTS) is 1. The van der Waals surface area contributed by atoms with Crippen LogP contribution in [0.5, 0.6) is 0 Å². The number of hydrogen-bond donors (Lipinski definition) is 4. The van der Waals surface area contributed by atoms with E-state index in [9.17, 15) is 9.90 Å². The van der Waals surface area contributed by atoms with E-state index in [-0.39, 0.29) is 17.0 Å². The Kier molecular flexibility index (Phi) is 5.98. The average molecular weight is 347 g/mol. The summed E-state index contributed by atoms with van der Waals surface area (Å²) < 4.78 is 0. The van der Waals surface area contributed by atoms with Gasteiger partial charge in [-0.1, -0.05) is 48.5 Å². The molecule has 5 heteroatoms. The summed E-state index contributed by atoms with van der Waals surface area (Å²) in [5.41, 5.74) is 8.87. The second kappa shape index (κ2) is 8.18. The van der Waals surface area contributed by atoms with Crippen molar-refractivity contribution in [2.24, 2.45) is 5.73 Å². The minimum absolute atomic E-state index is 0.0899. The fourth-order valence-electron chi connectivity index (χ4n) is 2.72. The van der Waals surface area contributed by atoms with E-state index >= 15 is 0 Å². The van der Waals surface area contributed by atoms with Gasteiger partial charge < -0.3 is 10.8 Å². The van der Waals surface area contributed by atoms with Crippen LogP contribution >= 0.6 is 0 Å². The van der Waals surface area contributed by atoms with Gasteiger partial charge in [0.05, 0.1) is 17.0 Å².